The van der Waals surface area contributed by atoms with Crippen molar-refractivity contribution in [3.63, 3.8) is 0 Å². The fraction of sp³-hybridized carbons (Fsp3) is 0.333. The van der Waals surface area contributed by atoms with Crippen LogP contribution in [0.15, 0.2) is 48.5 Å². The Morgan fingerprint density at radius 2 is 1.85 bits per heavy atom. The third-order valence-corrected chi connectivity index (χ3v) is 5.06. The molecular weight excluding hydrogens is 348 g/mol. The Labute approximate surface area is 159 Å². The molecule has 0 saturated carbocycles. The summed E-state index contributed by atoms with van der Waals surface area (Å²) < 4.78 is 0. The first-order valence-corrected chi connectivity index (χ1v) is 9.23. The lowest BCUT2D eigenvalue weighted by atomic mass is 10.1. The Hall–Kier alpha value is -2.33. The number of halogens is 1. The molecule has 4 nitrogen and oxygen atoms in total. The van der Waals surface area contributed by atoms with Crippen LogP contribution in [0.5, 0.6) is 0 Å². The number of hydrogen-bond acceptors (Lipinski definition) is 2. The van der Waals surface area contributed by atoms with E-state index in [2.05, 4.69) is 13.0 Å². The van der Waals surface area contributed by atoms with Crippen LogP contribution in [0.2, 0.25) is 5.02 Å². The molecule has 0 radical (unpaired) electrons. The van der Waals surface area contributed by atoms with E-state index in [1.165, 1.54) is 12.5 Å². The molecule has 26 heavy (non-hydrogen) atoms. The van der Waals surface area contributed by atoms with E-state index in [0.717, 1.165) is 17.7 Å². The average Bonchev–Trinajstić information content (AvgIpc) is 2.95. The van der Waals surface area contributed by atoms with Crippen LogP contribution in [0.25, 0.3) is 0 Å². The van der Waals surface area contributed by atoms with Crippen molar-refractivity contribution in [1.82, 2.24) is 4.90 Å². The molecule has 1 aliphatic rings. The molecule has 136 valence electrons. The highest BCUT2D eigenvalue weighted by Crippen LogP contribution is 2.32. The fourth-order valence-electron chi connectivity index (χ4n) is 3.45. The molecule has 0 spiro atoms. The standard InChI is InChI=1S/C21H23ClN2O2/c1-15-13-18-5-3-4-6-20(18)24(15)21(26)11-12-23(16(2)25)14-17-7-9-19(22)10-8-17/h3-10,15H,11-14H2,1-2H3. The van der Waals surface area contributed by atoms with Crippen LogP contribution >= 0.6 is 11.6 Å². The van der Waals surface area contributed by atoms with Crippen molar-refractivity contribution in [2.45, 2.75) is 39.3 Å². The van der Waals surface area contributed by atoms with Gasteiger partial charge in [0.25, 0.3) is 0 Å². The van der Waals surface area contributed by atoms with Crippen LogP contribution < -0.4 is 4.90 Å². The van der Waals surface area contributed by atoms with Crippen LogP contribution in [-0.4, -0.2) is 29.3 Å². The molecule has 0 saturated heterocycles. The summed E-state index contributed by atoms with van der Waals surface area (Å²) in [7, 11) is 0. The molecule has 3 rings (SSSR count). The lowest BCUT2D eigenvalue weighted by Crippen LogP contribution is -2.39. The first-order chi connectivity index (χ1) is 12.5. The summed E-state index contributed by atoms with van der Waals surface area (Å²) in [5, 5.41) is 0.667. The predicted molar refractivity (Wildman–Crippen MR) is 104 cm³/mol. The van der Waals surface area contributed by atoms with Gasteiger partial charge in [0, 0.05) is 43.2 Å². The highest BCUT2D eigenvalue weighted by molar-refractivity contribution is 6.30. The fourth-order valence-corrected chi connectivity index (χ4v) is 3.58. The van der Waals surface area contributed by atoms with Gasteiger partial charge in [-0.1, -0.05) is 41.9 Å². The Morgan fingerprint density at radius 3 is 2.54 bits per heavy atom. The topological polar surface area (TPSA) is 40.6 Å². The zero-order valence-corrected chi connectivity index (χ0v) is 15.9. The average molecular weight is 371 g/mol. The van der Waals surface area contributed by atoms with E-state index in [1.807, 2.05) is 47.4 Å². The summed E-state index contributed by atoms with van der Waals surface area (Å²) in [5.74, 6) is 0.0208. The molecule has 0 N–H and O–H groups in total. The zero-order valence-electron chi connectivity index (χ0n) is 15.1. The second kappa shape index (κ2) is 7.92. The van der Waals surface area contributed by atoms with Gasteiger partial charge in [0.05, 0.1) is 0 Å². The Balaban J connectivity index is 1.65. The molecule has 2 amide bonds. The largest absolute Gasteiger partial charge is 0.338 e. The van der Waals surface area contributed by atoms with Gasteiger partial charge in [-0.15, -0.1) is 0 Å². The minimum Gasteiger partial charge on any atom is -0.338 e. The van der Waals surface area contributed by atoms with Gasteiger partial charge < -0.3 is 9.80 Å². The van der Waals surface area contributed by atoms with E-state index in [-0.39, 0.29) is 17.9 Å². The van der Waals surface area contributed by atoms with Gasteiger partial charge in [0.2, 0.25) is 11.8 Å². The van der Waals surface area contributed by atoms with Crippen LogP contribution in [0, 0.1) is 0 Å². The second-order valence-corrected chi connectivity index (χ2v) is 7.20. The van der Waals surface area contributed by atoms with Gasteiger partial charge in [0.15, 0.2) is 0 Å². The minimum absolute atomic E-state index is 0.0392. The maximum Gasteiger partial charge on any atom is 0.229 e. The number of nitrogens with zero attached hydrogens (tertiary/aromatic N) is 2. The minimum atomic E-state index is -0.0392. The number of rotatable bonds is 5. The molecule has 0 bridgehead atoms. The van der Waals surface area contributed by atoms with E-state index in [0.29, 0.717) is 24.5 Å². The van der Waals surface area contributed by atoms with Crippen molar-refractivity contribution in [1.29, 1.82) is 0 Å². The molecule has 0 fully saturated rings. The van der Waals surface area contributed by atoms with Gasteiger partial charge in [-0.2, -0.15) is 0 Å². The van der Waals surface area contributed by atoms with Gasteiger partial charge in [-0.3, -0.25) is 9.59 Å². The van der Waals surface area contributed by atoms with Crippen molar-refractivity contribution in [3.05, 3.63) is 64.7 Å². The maximum absolute atomic E-state index is 12.8. The molecule has 1 unspecified atom stereocenters. The SMILES string of the molecule is CC(=O)N(CCC(=O)N1c2ccccc2CC1C)Cc1ccc(Cl)cc1. The predicted octanol–water partition coefficient (Wildman–Crippen LogP) is 4.06. The number of anilines is 1. The smallest absolute Gasteiger partial charge is 0.229 e. The number of para-hydroxylation sites is 1. The van der Waals surface area contributed by atoms with Crippen molar-refractivity contribution < 1.29 is 9.59 Å². The Morgan fingerprint density at radius 1 is 1.15 bits per heavy atom. The second-order valence-electron chi connectivity index (χ2n) is 6.76. The van der Waals surface area contributed by atoms with Gasteiger partial charge in [0.1, 0.15) is 0 Å². The third-order valence-electron chi connectivity index (χ3n) is 4.80. The molecule has 0 aliphatic carbocycles. The van der Waals surface area contributed by atoms with Crippen LogP contribution in [0.4, 0.5) is 5.69 Å². The van der Waals surface area contributed by atoms with E-state index < -0.39 is 0 Å². The highest BCUT2D eigenvalue weighted by atomic mass is 35.5. The molecule has 5 heteroatoms. The number of fused-ring (bicyclic) bond motifs is 1. The molecule has 1 atom stereocenters. The van der Waals surface area contributed by atoms with E-state index in [9.17, 15) is 9.59 Å². The van der Waals surface area contributed by atoms with Gasteiger partial charge in [-0.05, 0) is 42.7 Å². The van der Waals surface area contributed by atoms with Gasteiger partial charge >= 0.3 is 0 Å². The molecule has 1 heterocycles. The molecular formula is C21H23ClN2O2. The summed E-state index contributed by atoms with van der Waals surface area (Å²) in [6, 6.07) is 15.6. The first-order valence-electron chi connectivity index (χ1n) is 8.85. The third kappa shape index (κ3) is 4.07. The maximum atomic E-state index is 12.8. The highest BCUT2D eigenvalue weighted by Gasteiger charge is 2.30. The van der Waals surface area contributed by atoms with Crippen molar-refractivity contribution >= 4 is 29.1 Å². The number of benzene rings is 2. The lowest BCUT2D eigenvalue weighted by molar-refractivity contribution is -0.130. The summed E-state index contributed by atoms with van der Waals surface area (Å²) >= 11 is 5.91. The molecule has 0 aromatic heterocycles. The molecule has 1 aliphatic heterocycles. The van der Waals surface area contributed by atoms with Crippen molar-refractivity contribution in [2.75, 3.05) is 11.4 Å². The summed E-state index contributed by atoms with van der Waals surface area (Å²) in [4.78, 5) is 28.4. The van der Waals surface area contributed by atoms with Crippen molar-refractivity contribution in [2.24, 2.45) is 0 Å². The lowest BCUT2D eigenvalue weighted by Gasteiger charge is -2.26. The van der Waals surface area contributed by atoms with Crippen LogP contribution in [0.1, 0.15) is 31.4 Å². The number of hydrogen-bond donors (Lipinski definition) is 0. The number of carbonyl (C=O) groups is 2. The van der Waals surface area contributed by atoms with E-state index in [4.69, 9.17) is 11.6 Å². The van der Waals surface area contributed by atoms with Crippen molar-refractivity contribution in [3.8, 4) is 0 Å². The summed E-state index contributed by atoms with van der Waals surface area (Å²) in [6.07, 6.45) is 1.19. The zero-order chi connectivity index (χ0) is 18.7. The Bertz CT molecular complexity index is 804. The number of carbonyl (C=O) groups excluding carboxylic acids is 2. The van der Waals surface area contributed by atoms with Crippen LogP contribution in [0.3, 0.4) is 0 Å². The normalized spacial score (nSPS) is 15.7. The van der Waals surface area contributed by atoms with E-state index >= 15 is 0 Å². The monoisotopic (exact) mass is 370 g/mol. The van der Waals surface area contributed by atoms with E-state index in [1.54, 1.807) is 4.90 Å². The first kappa shape index (κ1) is 18.5. The van der Waals surface area contributed by atoms with Crippen LogP contribution in [-0.2, 0) is 22.6 Å². The number of amides is 2. The summed E-state index contributed by atoms with van der Waals surface area (Å²) in [5.41, 5.74) is 3.20. The summed E-state index contributed by atoms with van der Waals surface area (Å²) in [6.45, 7) is 4.48. The quantitative estimate of drug-likeness (QED) is 0.796. The van der Waals surface area contributed by atoms with Gasteiger partial charge in [-0.25, -0.2) is 0 Å². The Kier molecular flexibility index (Phi) is 5.62. The molecule has 2 aromatic rings. The molecule has 2 aromatic carbocycles.